The number of hydrogen-bond acceptors (Lipinski definition) is 3. The molecule has 2 aliphatic heterocycles. The third kappa shape index (κ3) is 1.85. The van der Waals surface area contributed by atoms with Crippen LogP contribution in [0.15, 0.2) is 22.7 Å². The van der Waals surface area contributed by atoms with Crippen LogP contribution < -0.4 is 10.1 Å². The Hall–Kier alpha value is -0.580. The summed E-state index contributed by atoms with van der Waals surface area (Å²) in [6, 6.07) is 6.07. The summed E-state index contributed by atoms with van der Waals surface area (Å²) in [5.41, 5.74) is 1.12. The van der Waals surface area contributed by atoms with Crippen LogP contribution in [0.5, 0.6) is 5.75 Å². The minimum atomic E-state index is -0.431. The van der Waals surface area contributed by atoms with Gasteiger partial charge in [-0.3, -0.25) is 0 Å². The number of nitrogens with one attached hydrogen (secondary N) is 1. The lowest BCUT2D eigenvalue weighted by Crippen LogP contribution is -2.53. The standard InChI is InChI=1S/C12H14BrNO2/c13-10-2-3-11-9(6-10)7-15-12(16-11)4-1-5-14-8-12/h2-3,6,14H,1,4-5,7-8H2. The number of rotatable bonds is 0. The highest BCUT2D eigenvalue weighted by Gasteiger charge is 2.38. The molecule has 0 bridgehead atoms. The first-order chi connectivity index (χ1) is 7.77. The smallest absolute Gasteiger partial charge is 0.223 e. The van der Waals surface area contributed by atoms with Gasteiger partial charge in [-0.15, -0.1) is 0 Å². The summed E-state index contributed by atoms with van der Waals surface area (Å²) < 4.78 is 13.0. The summed E-state index contributed by atoms with van der Waals surface area (Å²) in [5, 5.41) is 3.33. The fourth-order valence-electron chi connectivity index (χ4n) is 2.26. The average Bonchev–Trinajstić information content (AvgIpc) is 2.31. The number of piperidine rings is 1. The van der Waals surface area contributed by atoms with Crippen molar-refractivity contribution in [3.8, 4) is 5.75 Å². The highest BCUT2D eigenvalue weighted by atomic mass is 79.9. The van der Waals surface area contributed by atoms with Crippen molar-refractivity contribution in [2.24, 2.45) is 0 Å². The predicted molar refractivity (Wildman–Crippen MR) is 64.4 cm³/mol. The molecule has 1 N–H and O–H groups in total. The van der Waals surface area contributed by atoms with Gasteiger partial charge in [0.1, 0.15) is 5.75 Å². The van der Waals surface area contributed by atoms with Crippen molar-refractivity contribution in [2.45, 2.75) is 25.2 Å². The minimum absolute atomic E-state index is 0.431. The van der Waals surface area contributed by atoms with Gasteiger partial charge >= 0.3 is 0 Å². The zero-order valence-corrected chi connectivity index (χ0v) is 10.5. The Morgan fingerprint density at radius 1 is 1.38 bits per heavy atom. The summed E-state index contributed by atoms with van der Waals surface area (Å²) in [6.45, 7) is 2.47. The van der Waals surface area contributed by atoms with E-state index in [4.69, 9.17) is 9.47 Å². The summed E-state index contributed by atoms with van der Waals surface area (Å²) in [7, 11) is 0. The minimum Gasteiger partial charge on any atom is -0.461 e. The van der Waals surface area contributed by atoms with Crippen molar-refractivity contribution in [1.29, 1.82) is 0 Å². The van der Waals surface area contributed by atoms with Crippen LogP contribution in [-0.2, 0) is 11.3 Å². The molecule has 1 fully saturated rings. The monoisotopic (exact) mass is 283 g/mol. The number of benzene rings is 1. The lowest BCUT2D eigenvalue weighted by molar-refractivity contribution is -0.213. The zero-order chi connectivity index (χ0) is 11.0. The molecule has 1 atom stereocenters. The van der Waals surface area contributed by atoms with Gasteiger partial charge in [-0.2, -0.15) is 0 Å². The van der Waals surface area contributed by atoms with E-state index >= 15 is 0 Å². The molecular weight excluding hydrogens is 270 g/mol. The summed E-state index contributed by atoms with van der Waals surface area (Å²) in [5.74, 6) is 0.525. The Kier molecular flexibility index (Phi) is 2.65. The van der Waals surface area contributed by atoms with E-state index in [1.165, 1.54) is 0 Å². The molecule has 0 saturated carbocycles. The molecular formula is C12H14BrNO2. The maximum Gasteiger partial charge on any atom is 0.223 e. The molecule has 0 amide bonds. The molecule has 2 aliphatic rings. The van der Waals surface area contributed by atoms with Crippen LogP contribution in [0.25, 0.3) is 0 Å². The number of halogens is 1. The fraction of sp³-hybridized carbons (Fsp3) is 0.500. The molecule has 4 heteroatoms. The maximum atomic E-state index is 6.01. The van der Waals surface area contributed by atoms with E-state index in [-0.39, 0.29) is 0 Å². The van der Waals surface area contributed by atoms with Gasteiger partial charge in [0.05, 0.1) is 13.2 Å². The predicted octanol–water partition coefficient (Wildman–Crippen LogP) is 2.44. The first-order valence-corrected chi connectivity index (χ1v) is 6.39. The number of fused-ring (bicyclic) bond motifs is 1. The second-order valence-electron chi connectivity index (χ2n) is 4.33. The highest BCUT2D eigenvalue weighted by molar-refractivity contribution is 9.10. The van der Waals surface area contributed by atoms with Crippen molar-refractivity contribution in [2.75, 3.05) is 13.1 Å². The van der Waals surface area contributed by atoms with Crippen molar-refractivity contribution in [3.63, 3.8) is 0 Å². The molecule has 1 aromatic rings. The van der Waals surface area contributed by atoms with Gasteiger partial charge in [-0.05, 0) is 31.2 Å². The number of hydrogen-bond donors (Lipinski definition) is 1. The SMILES string of the molecule is Brc1ccc2c(c1)COC1(CCCNC1)O2. The Bertz CT molecular complexity index is 402. The van der Waals surface area contributed by atoms with Crippen molar-refractivity contribution in [1.82, 2.24) is 5.32 Å². The van der Waals surface area contributed by atoms with Gasteiger partial charge in [0.25, 0.3) is 0 Å². The van der Waals surface area contributed by atoms with E-state index in [1.54, 1.807) is 0 Å². The van der Waals surface area contributed by atoms with E-state index in [0.29, 0.717) is 6.61 Å². The molecule has 1 saturated heterocycles. The highest BCUT2D eigenvalue weighted by Crippen LogP contribution is 2.35. The summed E-state index contributed by atoms with van der Waals surface area (Å²) >= 11 is 3.45. The van der Waals surface area contributed by atoms with Crippen LogP contribution in [0.1, 0.15) is 18.4 Å². The van der Waals surface area contributed by atoms with E-state index in [0.717, 1.165) is 41.7 Å². The molecule has 16 heavy (non-hydrogen) atoms. The normalized spacial score (nSPS) is 28.6. The van der Waals surface area contributed by atoms with Crippen LogP contribution in [0.3, 0.4) is 0 Å². The quantitative estimate of drug-likeness (QED) is 0.793. The van der Waals surface area contributed by atoms with Crippen molar-refractivity contribution in [3.05, 3.63) is 28.2 Å². The fourth-order valence-corrected chi connectivity index (χ4v) is 2.67. The Labute approximate surface area is 103 Å². The molecule has 0 radical (unpaired) electrons. The van der Waals surface area contributed by atoms with Gasteiger partial charge in [-0.1, -0.05) is 15.9 Å². The Morgan fingerprint density at radius 3 is 3.12 bits per heavy atom. The van der Waals surface area contributed by atoms with Gasteiger partial charge in [-0.25, -0.2) is 0 Å². The molecule has 2 heterocycles. The first-order valence-electron chi connectivity index (χ1n) is 5.60. The van der Waals surface area contributed by atoms with Gasteiger partial charge in [0.2, 0.25) is 5.79 Å². The van der Waals surface area contributed by atoms with Gasteiger partial charge in [0.15, 0.2) is 0 Å². The van der Waals surface area contributed by atoms with E-state index in [9.17, 15) is 0 Å². The Balaban J connectivity index is 1.88. The topological polar surface area (TPSA) is 30.5 Å². The maximum absolute atomic E-state index is 6.01. The van der Waals surface area contributed by atoms with Crippen LogP contribution in [-0.4, -0.2) is 18.9 Å². The molecule has 1 aromatic carbocycles. The van der Waals surface area contributed by atoms with Crippen LogP contribution in [0.4, 0.5) is 0 Å². The zero-order valence-electron chi connectivity index (χ0n) is 8.96. The van der Waals surface area contributed by atoms with E-state index < -0.39 is 5.79 Å². The average molecular weight is 284 g/mol. The molecule has 1 unspecified atom stereocenters. The molecule has 0 aromatic heterocycles. The lowest BCUT2D eigenvalue weighted by atomic mass is 10.0. The third-order valence-corrected chi connectivity index (χ3v) is 3.61. The third-order valence-electron chi connectivity index (χ3n) is 3.11. The second kappa shape index (κ2) is 4.02. The summed E-state index contributed by atoms with van der Waals surface area (Å²) in [6.07, 6.45) is 2.07. The molecule has 1 spiro atoms. The van der Waals surface area contributed by atoms with Gasteiger partial charge in [0, 0.05) is 16.5 Å². The molecule has 3 nitrogen and oxygen atoms in total. The van der Waals surface area contributed by atoms with Crippen LogP contribution in [0, 0.1) is 0 Å². The summed E-state index contributed by atoms with van der Waals surface area (Å²) in [4.78, 5) is 0. The van der Waals surface area contributed by atoms with E-state index in [1.807, 2.05) is 12.1 Å². The van der Waals surface area contributed by atoms with Crippen molar-refractivity contribution < 1.29 is 9.47 Å². The number of ether oxygens (including phenoxy) is 2. The first kappa shape index (κ1) is 10.6. The van der Waals surface area contributed by atoms with Crippen LogP contribution >= 0.6 is 15.9 Å². The molecule has 3 rings (SSSR count). The van der Waals surface area contributed by atoms with E-state index in [2.05, 4.69) is 27.3 Å². The second-order valence-corrected chi connectivity index (χ2v) is 5.25. The molecule has 0 aliphatic carbocycles. The van der Waals surface area contributed by atoms with Crippen molar-refractivity contribution >= 4 is 15.9 Å². The largest absolute Gasteiger partial charge is 0.461 e. The Morgan fingerprint density at radius 2 is 2.31 bits per heavy atom. The van der Waals surface area contributed by atoms with Crippen LogP contribution in [0.2, 0.25) is 0 Å². The lowest BCUT2D eigenvalue weighted by Gasteiger charge is -2.41. The molecule has 86 valence electrons. The van der Waals surface area contributed by atoms with Gasteiger partial charge < -0.3 is 14.8 Å².